The summed E-state index contributed by atoms with van der Waals surface area (Å²) in [6.45, 7) is 0.154. The van der Waals surface area contributed by atoms with E-state index in [2.05, 4.69) is 10.3 Å². The van der Waals surface area contributed by atoms with Gasteiger partial charge in [0.2, 0.25) is 5.92 Å². The smallest absolute Gasteiger partial charge is 0.410 e. The number of hydrogen-bond donors (Lipinski definition) is 3. The predicted octanol–water partition coefficient (Wildman–Crippen LogP) is 3.94. The third-order valence-corrected chi connectivity index (χ3v) is 8.31. The van der Waals surface area contributed by atoms with E-state index >= 15 is 0 Å². The second-order valence-corrected chi connectivity index (χ2v) is 11.6. The monoisotopic (exact) mass is 582 g/mol. The van der Waals surface area contributed by atoms with Crippen LogP contribution in [0.25, 0.3) is 0 Å². The number of nitrogens with zero attached hydrogens (tertiary/aromatic N) is 1. The molecule has 2 aliphatic rings. The molecule has 40 heavy (non-hydrogen) atoms. The van der Waals surface area contributed by atoms with Gasteiger partial charge in [-0.2, -0.15) is 0 Å². The van der Waals surface area contributed by atoms with Crippen LogP contribution in [0.1, 0.15) is 47.3 Å². The molecule has 3 N–H and O–H groups in total. The molecule has 4 rings (SSSR count). The van der Waals surface area contributed by atoms with Crippen molar-refractivity contribution in [1.29, 1.82) is 4.78 Å². The number of aromatic nitrogens is 1. The maximum Gasteiger partial charge on any atom is 0.410 e. The number of amides is 2. The number of rotatable bonds is 7. The van der Waals surface area contributed by atoms with Gasteiger partial charge in [0.15, 0.2) is 11.6 Å². The molecule has 0 saturated heterocycles. The normalized spacial score (nSPS) is 18.6. The summed E-state index contributed by atoms with van der Waals surface area (Å²) in [5, 5.41) is 3.51. The van der Waals surface area contributed by atoms with Gasteiger partial charge in [0.1, 0.15) is 11.7 Å². The lowest BCUT2D eigenvalue weighted by atomic mass is 9.94. The molecule has 1 atom stereocenters. The molecule has 1 aromatic heterocycles. The number of fused-ring (bicyclic) bond motifs is 1. The lowest BCUT2D eigenvalue weighted by molar-refractivity contribution is -0.0692. The van der Waals surface area contributed by atoms with Crippen molar-refractivity contribution in [2.75, 3.05) is 20.2 Å². The molecule has 1 aliphatic heterocycles. The van der Waals surface area contributed by atoms with Crippen molar-refractivity contribution in [1.82, 2.24) is 15.2 Å². The van der Waals surface area contributed by atoms with Crippen molar-refractivity contribution in [3.63, 3.8) is 0 Å². The minimum Gasteiger partial charge on any atom is -0.494 e. The van der Waals surface area contributed by atoms with Crippen LogP contribution < -0.4 is 15.6 Å². The van der Waals surface area contributed by atoms with Crippen LogP contribution in [-0.2, 0) is 27.4 Å². The molecule has 2 amide bonds. The van der Waals surface area contributed by atoms with Crippen LogP contribution >= 0.6 is 0 Å². The van der Waals surface area contributed by atoms with Gasteiger partial charge >= 0.3 is 6.09 Å². The number of benzene rings is 1. The molecule has 10 nitrogen and oxygen atoms in total. The Balaban J connectivity index is 1.36. The molecule has 2 heterocycles. The Bertz CT molecular complexity index is 1480. The van der Waals surface area contributed by atoms with Gasteiger partial charge in [-0.15, -0.1) is 0 Å². The summed E-state index contributed by atoms with van der Waals surface area (Å²) in [5.74, 6) is -4.29. The highest BCUT2D eigenvalue weighted by atomic mass is 32.2. The zero-order valence-electron chi connectivity index (χ0n) is 21.6. The standard InChI is InChI=1S/C26H29F3N4O6S/c1-38-22-4-3-18(14-20(22)27)40(30,37)12-2-10-31-23(34)19-13-16-15-33(11-7-21(16)32-24(19)35)25(36)39-17-5-8-26(28,29)9-6-17/h2-4,12-14,17,30H,5-11,15H2,1H3,(H,31,34)(H,32,35)/b12-2+. The molecule has 1 aliphatic carbocycles. The molecular weight excluding hydrogens is 553 g/mol. The lowest BCUT2D eigenvalue weighted by Gasteiger charge is -2.32. The second-order valence-electron chi connectivity index (χ2n) is 9.61. The first kappa shape index (κ1) is 29.2. The van der Waals surface area contributed by atoms with E-state index in [4.69, 9.17) is 14.3 Å². The molecular formula is C26H29F3N4O6S. The zero-order chi connectivity index (χ0) is 29.1. The predicted molar refractivity (Wildman–Crippen MR) is 138 cm³/mol. The molecule has 0 bridgehead atoms. The van der Waals surface area contributed by atoms with Crippen molar-refractivity contribution >= 4 is 21.7 Å². The summed E-state index contributed by atoms with van der Waals surface area (Å²) in [7, 11) is -2.22. The summed E-state index contributed by atoms with van der Waals surface area (Å²) in [5.41, 5.74) is 0.274. The minimum atomic E-state index is -3.50. The Labute approximate surface area is 228 Å². The second kappa shape index (κ2) is 11.7. The van der Waals surface area contributed by atoms with Gasteiger partial charge in [-0.1, -0.05) is 6.08 Å². The highest BCUT2D eigenvalue weighted by Crippen LogP contribution is 2.34. The Morgan fingerprint density at radius 3 is 2.67 bits per heavy atom. The molecule has 1 aromatic carbocycles. The van der Waals surface area contributed by atoms with Crippen molar-refractivity contribution in [3.05, 3.63) is 68.7 Å². The number of methoxy groups -OCH3 is 1. The minimum absolute atomic E-state index is 0.0537. The van der Waals surface area contributed by atoms with Gasteiger partial charge in [0, 0.05) is 43.5 Å². The van der Waals surface area contributed by atoms with Gasteiger partial charge in [0.25, 0.3) is 11.5 Å². The number of hydrogen-bond acceptors (Lipinski definition) is 7. The highest BCUT2D eigenvalue weighted by Gasteiger charge is 2.37. The Hall–Kier alpha value is -3.81. The number of ether oxygens (including phenoxy) is 2. The first-order valence-corrected chi connectivity index (χ1v) is 14.2. The van der Waals surface area contributed by atoms with Crippen LogP contribution in [0.15, 0.2) is 45.4 Å². The molecule has 1 unspecified atom stereocenters. The van der Waals surface area contributed by atoms with Crippen molar-refractivity contribution < 1.29 is 36.4 Å². The molecule has 14 heteroatoms. The Kier molecular flexibility index (Phi) is 8.57. The fourth-order valence-electron chi connectivity index (χ4n) is 4.53. The lowest BCUT2D eigenvalue weighted by Crippen LogP contribution is -2.41. The van der Waals surface area contributed by atoms with Crippen LogP contribution in [0.4, 0.5) is 18.0 Å². The molecule has 0 spiro atoms. The van der Waals surface area contributed by atoms with Crippen LogP contribution in [-0.4, -0.2) is 58.3 Å². The van der Waals surface area contributed by atoms with E-state index in [-0.39, 0.29) is 61.5 Å². The topological polar surface area (TPSA) is 142 Å². The van der Waals surface area contributed by atoms with Gasteiger partial charge in [-0.25, -0.2) is 27.0 Å². The number of carbonyl (C=O) groups excluding carboxylic acids is 2. The van der Waals surface area contributed by atoms with Gasteiger partial charge in [0.05, 0.1) is 28.3 Å². The highest BCUT2D eigenvalue weighted by molar-refractivity contribution is 7.95. The zero-order valence-corrected chi connectivity index (χ0v) is 22.5. The fourth-order valence-corrected chi connectivity index (χ4v) is 5.60. The Morgan fingerprint density at radius 1 is 1.27 bits per heavy atom. The number of carbonyl (C=O) groups is 2. The SMILES string of the molecule is COc1ccc(S(=N)(=O)/C=C/CNC(=O)c2cc3c([nH]c2=O)CCN(C(=O)OC2CCC(F)(F)CC2)C3)cc1F. The molecule has 2 aromatic rings. The average Bonchev–Trinajstić information content (AvgIpc) is 2.91. The van der Waals surface area contributed by atoms with Crippen LogP contribution in [0.3, 0.4) is 0 Å². The number of H-pyrrole nitrogens is 1. The van der Waals surface area contributed by atoms with Crippen LogP contribution in [0.5, 0.6) is 5.75 Å². The van der Waals surface area contributed by atoms with E-state index in [0.29, 0.717) is 17.7 Å². The van der Waals surface area contributed by atoms with E-state index in [9.17, 15) is 31.8 Å². The Morgan fingerprint density at radius 2 is 2.00 bits per heavy atom. The van der Waals surface area contributed by atoms with Crippen molar-refractivity contribution in [2.45, 2.75) is 55.6 Å². The van der Waals surface area contributed by atoms with E-state index in [1.807, 2.05) is 0 Å². The molecule has 1 fully saturated rings. The number of nitrogens with one attached hydrogen (secondary N) is 3. The largest absolute Gasteiger partial charge is 0.494 e. The maximum atomic E-state index is 13.9. The third kappa shape index (κ3) is 6.84. The van der Waals surface area contributed by atoms with Crippen LogP contribution in [0.2, 0.25) is 0 Å². The van der Waals surface area contributed by atoms with E-state index in [1.165, 1.54) is 36.3 Å². The maximum absolute atomic E-state index is 13.9. The summed E-state index contributed by atoms with van der Waals surface area (Å²) in [6, 6.07) is 4.88. The average molecular weight is 583 g/mol. The summed E-state index contributed by atoms with van der Waals surface area (Å²) >= 11 is 0. The summed E-state index contributed by atoms with van der Waals surface area (Å²) in [4.78, 5) is 41.8. The molecule has 216 valence electrons. The molecule has 0 radical (unpaired) electrons. The van der Waals surface area contributed by atoms with Crippen molar-refractivity contribution in [2.24, 2.45) is 0 Å². The van der Waals surface area contributed by atoms with Crippen LogP contribution in [0, 0.1) is 10.6 Å². The molecule has 1 saturated carbocycles. The first-order chi connectivity index (χ1) is 18.9. The van der Waals surface area contributed by atoms with Gasteiger partial charge in [-0.3, -0.25) is 9.59 Å². The number of pyridine rings is 1. The van der Waals surface area contributed by atoms with Gasteiger partial charge in [-0.05, 0) is 42.7 Å². The van der Waals surface area contributed by atoms with E-state index in [0.717, 1.165) is 11.5 Å². The summed E-state index contributed by atoms with van der Waals surface area (Å²) in [6.07, 6.45) is -0.136. The number of alkyl halides is 2. The van der Waals surface area contributed by atoms with Gasteiger partial charge < -0.3 is 24.7 Å². The third-order valence-electron chi connectivity index (χ3n) is 6.78. The first-order valence-electron chi connectivity index (χ1n) is 12.5. The summed E-state index contributed by atoms with van der Waals surface area (Å²) < 4.78 is 71.5. The fraction of sp³-hybridized carbons (Fsp3) is 0.423. The van der Waals surface area contributed by atoms with Crippen molar-refractivity contribution in [3.8, 4) is 5.75 Å². The van der Waals surface area contributed by atoms with E-state index < -0.39 is 45.1 Å². The van der Waals surface area contributed by atoms with E-state index in [1.54, 1.807) is 0 Å². The quantitative estimate of drug-likeness (QED) is 0.452. The number of aromatic amines is 1. The number of halogens is 3.